The maximum atomic E-state index is 12.6. The van der Waals surface area contributed by atoms with Gasteiger partial charge in [-0.15, -0.1) is 0 Å². The van der Waals surface area contributed by atoms with E-state index in [9.17, 15) is 9.59 Å². The number of amides is 1. The Bertz CT molecular complexity index is 720. The first-order valence-corrected chi connectivity index (χ1v) is 7.80. The Balaban J connectivity index is 1.76. The molecule has 1 aromatic carbocycles. The van der Waals surface area contributed by atoms with Crippen LogP contribution in [0.3, 0.4) is 0 Å². The normalized spacial score (nSPS) is 17.4. The first-order chi connectivity index (χ1) is 11.1. The summed E-state index contributed by atoms with van der Waals surface area (Å²) >= 11 is 0. The molecule has 120 valence electrons. The van der Waals surface area contributed by atoms with Crippen molar-refractivity contribution >= 4 is 11.9 Å². The number of hydrogen-bond donors (Lipinski definition) is 1. The highest BCUT2D eigenvalue weighted by atomic mass is 16.4. The van der Waals surface area contributed by atoms with Gasteiger partial charge in [0.15, 0.2) is 5.76 Å². The molecule has 0 bridgehead atoms. The number of carbonyl (C=O) groups is 2. The van der Waals surface area contributed by atoms with Crippen LogP contribution in [0.1, 0.15) is 51.5 Å². The highest BCUT2D eigenvalue weighted by Gasteiger charge is 2.30. The van der Waals surface area contributed by atoms with Crippen molar-refractivity contribution < 1.29 is 19.1 Å². The lowest BCUT2D eigenvalue weighted by atomic mass is 9.99. The summed E-state index contributed by atoms with van der Waals surface area (Å²) in [5.74, 6) is -0.508. The molecule has 5 heteroatoms. The highest BCUT2D eigenvalue weighted by molar-refractivity contribution is 5.96. The molecule has 1 aliphatic rings. The average molecular weight is 313 g/mol. The molecule has 23 heavy (non-hydrogen) atoms. The van der Waals surface area contributed by atoms with Crippen molar-refractivity contribution in [2.45, 2.75) is 25.7 Å². The average Bonchev–Trinajstić information content (AvgIpc) is 3.22. The van der Waals surface area contributed by atoms with Gasteiger partial charge >= 0.3 is 5.97 Å². The third kappa shape index (κ3) is 2.99. The first-order valence-electron chi connectivity index (χ1n) is 7.80. The summed E-state index contributed by atoms with van der Waals surface area (Å²) in [6.45, 7) is 3.09. The standard InChI is InChI=1S/C18H19NO4/c1-2-15-14(18(21)22)10-16(23-15)17(20)19-9-8-13(11-19)12-6-4-3-5-7-12/h3-7,10,13H,2,8-9,11H2,1H3,(H,21,22). The molecule has 1 unspecified atom stereocenters. The van der Waals surface area contributed by atoms with Crippen LogP contribution in [0.25, 0.3) is 0 Å². The van der Waals surface area contributed by atoms with Gasteiger partial charge in [-0.3, -0.25) is 4.79 Å². The highest BCUT2D eigenvalue weighted by Crippen LogP contribution is 2.28. The van der Waals surface area contributed by atoms with Gasteiger partial charge in [0.05, 0.1) is 0 Å². The zero-order valence-corrected chi connectivity index (χ0v) is 13.0. The van der Waals surface area contributed by atoms with Crippen molar-refractivity contribution in [2.75, 3.05) is 13.1 Å². The summed E-state index contributed by atoms with van der Waals surface area (Å²) in [7, 11) is 0. The SMILES string of the molecule is CCc1oc(C(=O)N2CCC(c3ccccc3)C2)cc1C(=O)O. The van der Waals surface area contributed by atoms with Gasteiger partial charge < -0.3 is 14.4 Å². The first kappa shape index (κ1) is 15.3. The van der Waals surface area contributed by atoms with Crippen molar-refractivity contribution in [1.82, 2.24) is 4.90 Å². The van der Waals surface area contributed by atoms with Gasteiger partial charge in [-0.1, -0.05) is 37.3 Å². The number of rotatable bonds is 4. The number of likely N-dealkylation sites (tertiary alicyclic amines) is 1. The predicted octanol–water partition coefficient (Wildman–Crippen LogP) is 3.17. The van der Waals surface area contributed by atoms with Gasteiger partial charge in [0.1, 0.15) is 11.3 Å². The van der Waals surface area contributed by atoms with Crippen LogP contribution in [0.5, 0.6) is 0 Å². The lowest BCUT2D eigenvalue weighted by Gasteiger charge is -2.15. The zero-order valence-electron chi connectivity index (χ0n) is 13.0. The summed E-state index contributed by atoms with van der Waals surface area (Å²) in [6, 6.07) is 11.5. The molecule has 2 aromatic rings. The molecule has 2 heterocycles. The number of carboxylic acids is 1. The summed E-state index contributed by atoms with van der Waals surface area (Å²) in [5, 5.41) is 9.16. The van der Waals surface area contributed by atoms with Crippen LogP contribution in [0.2, 0.25) is 0 Å². The minimum atomic E-state index is -1.06. The van der Waals surface area contributed by atoms with E-state index in [1.807, 2.05) is 18.2 Å². The maximum absolute atomic E-state index is 12.6. The molecule has 3 rings (SSSR count). The van der Waals surface area contributed by atoms with Gasteiger partial charge in [0.25, 0.3) is 5.91 Å². The number of aryl methyl sites for hydroxylation is 1. The van der Waals surface area contributed by atoms with Crippen LogP contribution in [0, 0.1) is 0 Å². The quantitative estimate of drug-likeness (QED) is 0.941. The van der Waals surface area contributed by atoms with E-state index in [4.69, 9.17) is 9.52 Å². The summed E-state index contributed by atoms with van der Waals surface area (Å²) < 4.78 is 5.47. The third-order valence-electron chi connectivity index (χ3n) is 4.32. The molecule has 1 saturated heterocycles. The smallest absolute Gasteiger partial charge is 0.339 e. The second-order valence-corrected chi connectivity index (χ2v) is 5.75. The summed E-state index contributed by atoms with van der Waals surface area (Å²) in [6.07, 6.45) is 1.35. The van der Waals surface area contributed by atoms with Crippen molar-refractivity contribution in [3.63, 3.8) is 0 Å². The Morgan fingerprint density at radius 1 is 1.30 bits per heavy atom. The molecule has 1 amide bonds. The zero-order chi connectivity index (χ0) is 16.4. The number of carbonyl (C=O) groups excluding carboxylic acids is 1. The molecule has 1 fully saturated rings. The van der Waals surface area contributed by atoms with Crippen LogP contribution in [0.4, 0.5) is 0 Å². The van der Waals surface area contributed by atoms with Gasteiger partial charge in [0, 0.05) is 31.5 Å². The number of aromatic carboxylic acids is 1. The predicted molar refractivity (Wildman–Crippen MR) is 84.7 cm³/mol. The van der Waals surface area contributed by atoms with Crippen LogP contribution < -0.4 is 0 Å². The van der Waals surface area contributed by atoms with E-state index in [1.54, 1.807) is 11.8 Å². The number of benzene rings is 1. The fraction of sp³-hybridized carbons (Fsp3) is 0.333. The fourth-order valence-electron chi connectivity index (χ4n) is 3.08. The Labute approximate surface area is 134 Å². The number of nitrogens with zero attached hydrogens (tertiary/aromatic N) is 1. The van der Waals surface area contributed by atoms with Crippen LogP contribution >= 0.6 is 0 Å². The van der Waals surface area contributed by atoms with Crippen LogP contribution in [-0.2, 0) is 6.42 Å². The van der Waals surface area contributed by atoms with E-state index in [0.717, 1.165) is 6.42 Å². The van der Waals surface area contributed by atoms with Crippen molar-refractivity contribution in [3.8, 4) is 0 Å². The van der Waals surface area contributed by atoms with Crippen LogP contribution in [-0.4, -0.2) is 35.0 Å². The molecule has 0 aliphatic carbocycles. The van der Waals surface area contributed by atoms with E-state index in [1.165, 1.54) is 11.6 Å². The molecule has 1 aromatic heterocycles. The number of furan rings is 1. The topological polar surface area (TPSA) is 70.8 Å². The molecule has 1 aliphatic heterocycles. The molecular weight excluding hydrogens is 294 g/mol. The lowest BCUT2D eigenvalue weighted by Crippen LogP contribution is -2.28. The van der Waals surface area contributed by atoms with Crippen LogP contribution in [0.15, 0.2) is 40.8 Å². The molecule has 1 atom stereocenters. The summed E-state index contributed by atoms with van der Waals surface area (Å²) in [4.78, 5) is 25.5. The van der Waals surface area contributed by atoms with Crippen molar-refractivity contribution in [2.24, 2.45) is 0 Å². The number of carboxylic acid groups (broad SMARTS) is 1. The van der Waals surface area contributed by atoms with Crippen molar-refractivity contribution in [3.05, 3.63) is 59.0 Å². The van der Waals surface area contributed by atoms with E-state index in [0.29, 0.717) is 31.2 Å². The van der Waals surface area contributed by atoms with Gasteiger partial charge in [0.2, 0.25) is 0 Å². The third-order valence-corrected chi connectivity index (χ3v) is 4.32. The monoisotopic (exact) mass is 313 g/mol. The van der Waals surface area contributed by atoms with Crippen molar-refractivity contribution in [1.29, 1.82) is 0 Å². The molecule has 5 nitrogen and oxygen atoms in total. The Morgan fingerprint density at radius 2 is 2.04 bits per heavy atom. The van der Waals surface area contributed by atoms with E-state index in [2.05, 4.69) is 12.1 Å². The largest absolute Gasteiger partial charge is 0.478 e. The summed E-state index contributed by atoms with van der Waals surface area (Å²) in [5.41, 5.74) is 1.30. The van der Waals surface area contributed by atoms with Gasteiger partial charge in [-0.05, 0) is 12.0 Å². The van der Waals surface area contributed by atoms with E-state index < -0.39 is 5.97 Å². The minimum Gasteiger partial charge on any atom is -0.478 e. The lowest BCUT2D eigenvalue weighted by molar-refractivity contribution is 0.0693. The molecule has 0 spiro atoms. The second-order valence-electron chi connectivity index (χ2n) is 5.75. The van der Waals surface area contributed by atoms with E-state index >= 15 is 0 Å². The Morgan fingerprint density at radius 3 is 2.65 bits per heavy atom. The van der Waals surface area contributed by atoms with Gasteiger partial charge in [-0.25, -0.2) is 4.79 Å². The fourth-order valence-corrected chi connectivity index (χ4v) is 3.08. The maximum Gasteiger partial charge on any atom is 0.339 e. The van der Waals surface area contributed by atoms with Gasteiger partial charge in [-0.2, -0.15) is 0 Å². The Kier molecular flexibility index (Phi) is 4.19. The molecular formula is C18H19NO4. The van der Waals surface area contributed by atoms with E-state index in [-0.39, 0.29) is 17.2 Å². The number of hydrogen-bond acceptors (Lipinski definition) is 3. The molecule has 0 saturated carbocycles. The second kappa shape index (κ2) is 6.28. The molecule has 1 N–H and O–H groups in total. The Hall–Kier alpha value is -2.56. The minimum absolute atomic E-state index is 0.0784. The molecule has 0 radical (unpaired) electrons.